The molecule has 0 atom stereocenters. The van der Waals surface area contributed by atoms with Crippen LogP contribution in [0, 0.1) is 12.8 Å². The summed E-state index contributed by atoms with van der Waals surface area (Å²) in [4.78, 5) is 4.28. The van der Waals surface area contributed by atoms with Crippen molar-refractivity contribution in [3.8, 4) is 0 Å². The molecule has 106 valence electrons. The Kier molecular flexibility index (Phi) is 4.36. The van der Waals surface area contributed by atoms with Gasteiger partial charge in [0.2, 0.25) is 0 Å². The van der Waals surface area contributed by atoms with E-state index in [-0.39, 0.29) is 0 Å². The van der Waals surface area contributed by atoms with Crippen molar-refractivity contribution in [2.45, 2.75) is 45.1 Å². The van der Waals surface area contributed by atoms with Crippen molar-refractivity contribution in [1.29, 1.82) is 0 Å². The van der Waals surface area contributed by atoms with Gasteiger partial charge in [-0.2, -0.15) is 0 Å². The molecule has 1 heterocycles. The van der Waals surface area contributed by atoms with Crippen LogP contribution in [0.5, 0.6) is 0 Å². The molecule has 0 amide bonds. The Morgan fingerprint density at radius 2 is 2.16 bits per heavy atom. The lowest BCUT2D eigenvalue weighted by molar-refractivity contribution is 0.00493. The van der Waals surface area contributed by atoms with Gasteiger partial charge in [-0.3, -0.25) is 0 Å². The van der Waals surface area contributed by atoms with Crippen molar-refractivity contribution in [2.24, 2.45) is 5.92 Å². The Morgan fingerprint density at radius 3 is 2.79 bits per heavy atom. The van der Waals surface area contributed by atoms with Crippen LogP contribution >= 0.6 is 15.9 Å². The van der Waals surface area contributed by atoms with E-state index < -0.39 is 5.60 Å². The van der Waals surface area contributed by atoms with Crippen LogP contribution in [0.25, 0.3) is 0 Å². The molecule has 1 aliphatic rings. The summed E-state index contributed by atoms with van der Waals surface area (Å²) in [6, 6.07) is 0. The molecule has 0 spiro atoms. The van der Waals surface area contributed by atoms with Crippen LogP contribution in [-0.4, -0.2) is 22.2 Å². The van der Waals surface area contributed by atoms with E-state index >= 15 is 0 Å². The number of rotatable bonds is 3. The summed E-state index contributed by atoms with van der Waals surface area (Å²) >= 11 is 3.50. The number of anilines is 2. The molecule has 0 saturated heterocycles. The fraction of sp³-hybridized carbons (Fsp3) is 0.643. The first-order chi connectivity index (χ1) is 8.91. The molecule has 0 radical (unpaired) electrons. The van der Waals surface area contributed by atoms with Crippen molar-refractivity contribution in [2.75, 3.05) is 17.6 Å². The molecule has 1 saturated carbocycles. The van der Waals surface area contributed by atoms with E-state index in [1.807, 2.05) is 6.92 Å². The van der Waals surface area contributed by atoms with Crippen molar-refractivity contribution < 1.29 is 5.11 Å². The lowest BCUT2D eigenvalue weighted by Gasteiger charge is -2.35. The van der Waals surface area contributed by atoms with E-state index in [0.717, 1.165) is 47.5 Å². The van der Waals surface area contributed by atoms with Crippen LogP contribution in [0.3, 0.4) is 0 Å². The van der Waals surface area contributed by atoms with Gasteiger partial charge < -0.3 is 16.2 Å². The van der Waals surface area contributed by atoms with Gasteiger partial charge in [0, 0.05) is 6.54 Å². The molecule has 0 bridgehead atoms. The summed E-state index contributed by atoms with van der Waals surface area (Å²) in [7, 11) is 0. The van der Waals surface area contributed by atoms with E-state index in [4.69, 9.17) is 5.73 Å². The minimum atomic E-state index is -0.608. The molecule has 0 aromatic carbocycles. The van der Waals surface area contributed by atoms with Crippen molar-refractivity contribution >= 4 is 27.4 Å². The first-order valence-corrected chi connectivity index (χ1v) is 7.57. The third-order valence-corrected chi connectivity index (χ3v) is 5.06. The molecule has 5 heteroatoms. The predicted octanol–water partition coefficient (Wildman–Crippen LogP) is 3.09. The molecule has 2 rings (SSSR count). The second-order valence-corrected chi connectivity index (χ2v) is 6.55. The quantitative estimate of drug-likeness (QED) is 0.797. The van der Waals surface area contributed by atoms with E-state index in [2.05, 4.69) is 33.2 Å². The molecular weight excluding hydrogens is 306 g/mol. The predicted molar refractivity (Wildman–Crippen MR) is 82.2 cm³/mol. The van der Waals surface area contributed by atoms with Gasteiger partial charge in [0.25, 0.3) is 0 Å². The SMILES string of the molecule is Cc1c(N)cnc(NCC2(O)CCC(C)CC2)c1Br. The number of nitrogens with zero attached hydrogens (tertiary/aromatic N) is 1. The van der Waals surface area contributed by atoms with Crippen molar-refractivity contribution in [3.05, 3.63) is 16.2 Å². The molecule has 0 unspecified atom stereocenters. The molecule has 0 aliphatic heterocycles. The minimum Gasteiger partial charge on any atom is -0.397 e. The molecular formula is C14H22BrN3O. The third kappa shape index (κ3) is 3.39. The van der Waals surface area contributed by atoms with Crippen LogP contribution in [0.4, 0.5) is 11.5 Å². The number of hydrogen-bond donors (Lipinski definition) is 3. The zero-order chi connectivity index (χ0) is 14.0. The van der Waals surface area contributed by atoms with Crippen LogP contribution < -0.4 is 11.1 Å². The number of nitrogens with two attached hydrogens (primary N) is 1. The normalized spacial score (nSPS) is 27.3. The maximum atomic E-state index is 10.5. The van der Waals surface area contributed by atoms with E-state index in [1.165, 1.54) is 0 Å². The lowest BCUT2D eigenvalue weighted by Crippen LogP contribution is -2.40. The van der Waals surface area contributed by atoms with Gasteiger partial charge in [-0.1, -0.05) is 6.92 Å². The number of halogens is 1. The summed E-state index contributed by atoms with van der Waals surface area (Å²) in [5.41, 5.74) is 6.83. The Labute approximate surface area is 122 Å². The highest BCUT2D eigenvalue weighted by atomic mass is 79.9. The van der Waals surface area contributed by atoms with Crippen molar-refractivity contribution in [3.63, 3.8) is 0 Å². The van der Waals surface area contributed by atoms with Gasteiger partial charge in [0.1, 0.15) is 5.82 Å². The van der Waals surface area contributed by atoms with Gasteiger partial charge in [-0.25, -0.2) is 4.98 Å². The maximum Gasteiger partial charge on any atom is 0.140 e. The van der Waals surface area contributed by atoms with Crippen LogP contribution in [-0.2, 0) is 0 Å². The third-order valence-electron chi connectivity index (χ3n) is 4.09. The standard InChI is InChI=1S/C14H22BrN3O/c1-9-3-5-14(19,6-4-9)8-18-13-12(15)10(2)11(16)7-17-13/h7,9,19H,3-6,8,16H2,1-2H3,(H,17,18). The summed E-state index contributed by atoms with van der Waals surface area (Å²) in [6.45, 7) is 4.73. The second-order valence-electron chi connectivity index (χ2n) is 5.76. The number of nitrogens with one attached hydrogen (secondary N) is 1. The van der Waals surface area contributed by atoms with Crippen molar-refractivity contribution in [1.82, 2.24) is 4.98 Å². The summed E-state index contributed by atoms with van der Waals surface area (Å²) in [5, 5.41) is 13.8. The van der Waals surface area contributed by atoms with Crippen LogP contribution in [0.1, 0.15) is 38.2 Å². The average Bonchev–Trinajstić information content (AvgIpc) is 2.39. The molecule has 19 heavy (non-hydrogen) atoms. The maximum absolute atomic E-state index is 10.5. The van der Waals surface area contributed by atoms with Gasteiger partial charge in [0.05, 0.1) is 22.0 Å². The number of nitrogen functional groups attached to an aromatic ring is 1. The number of aliphatic hydroxyl groups is 1. The number of aromatic nitrogens is 1. The van der Waals surface area contributed by atoms with E-state index in [9.17, 15) is 5.11 Å². The Morgan fingerprint density at radius 1 is 1.53 bits per heavy atom. The second kappa shape index (κ2) is 5.67. The molecule has 1 aromatic rings. The summed E-state index contributed by atoms with van der Waals surface area (Å²) < 4.78 is 0.875. The molecule has 4 nitrogen and oxygen atoms in total. The zero-order valence-corrected chi connectivity index (χ0v) is 13.1. The molecule has 1 fully saturated rings. The molecule has 1 aromatic heterocycles. The lowest BCUT2D eigenvalue weighted by atomic mass is 9.79. The van der Waals surface area contributed by atoms with Gasteiger partial charge in [0.15, 0.2) is 0 Å². The van der Waals surface area contributed by atoms with Crippen LogP contribution in [0.2, 0.25) is 0 Å². The van der Waals surface area contributed by atoms with Gasteiger partial charge >= 0.3 is 0 Å². The highest BCUT2D eigenvalue weighted by molar-refractivity contribution is 9.10. The Balaban J connectivity index is 2.01. The fourth-order valence-electron chi connectivity index (χ4n) is 2.44. The largest absolute Gasteiger partial charge is 0.397 e. The highest BCUT2D eigenvalue weighted by Crippen LogP contribution is 2.33. The first kappa shape index (κ1) is 14.6. The summed E-state index contributed by atoms with van der Waals surface area (Å²) in [5.74, 6) is 1.47. The Bertz CT molecular complexity index is 456. The smallest absolute Gasteiger partial charge is 0.140 e. The first-order valence-electron chi connectivity index (χ1n) is 6.78. The number of pyridine rings is 1. The monoisotopic (exact) mass is 327 g/mol. The highest BCUT2D eigenvalue weighted by Gasteiger charge is 2.31. The van der Waals surface area contributed by atoms with E-state index in [1.54, 1.807) is 6.20 Å². The van der Waals surface area contributed by atoms with E-state index in [0.29, 0.717) is 12.2 Å². The van der Waals surface area contributed by atoms with Gasteiger partial charge in [-0.05, 0) is 60.0 Å². The van der Waals surface area contributed by atoms with Crippen LogP contribution in [0.15, 0.2) is 10.7 Å². The average molecular weight is 328 g/mol. The summed E-state index contributed by atoms with van der Waals surface area (Å²) in [6.07, 6.45) is 5.54. The fourth-order valence-corrected chi connectivity index (χ4v) is 2.91. The van der Waals surface area contributed by atoms with Gasteiger partial charge in [-0.15, -0.1) is 0 Å². The molecule has 1 aliphatic carbocycles. The minimum absolute atomic E-state index is 0.536. The molecule has 4 N–H and O–H groups in total. The Hall–Kier alpha value is -0.810. The topological polar surface area (TPSA) is 71.2 Å². The zero-order valence-electron chi connectivity index (χ0n) is 11.5. The number of hydrogen-bond acceptors (Lipinski definition) is 4.